The molecule has 2 atom stereocenters. The van der Waals surface area contributed by atoms with Crippen molar-refractivity contribution in [3.8, 4) is 0 Å². The second-order valence-electron chi connectivity index (χ2n) is 4.61. The van der Waals surface area contributed by atoms with Gasteiger partial charge in [0.1, 0.15) is 0 Å². The van der Waals surface area contributed by atoms with Crippen LogP contribution in [0.15, 0.2) is 0 Å². The van der Waals surface area contributed by atoms with Crippen LogP contribution in [0.4, 0.5) is 0 Å². The number of nitrogens with one attached hydrogen (secondary N) is 1. The molecule has 1 heterocycles. The standard InChI is InChI=1S/C13H27NO/c1-4-9-14-13(11(5-2)6-3)12-8-7-10-15-12/h11-14H,4-10H2,1-3H3. The van der Waals surface area contributed by atoms with Gasteiger partial charge in [0.15, 0.2) is 0 Å². The van der Waals surface area contributed by atoms with Crippen LogP contribution in [0.3, 0.4) is 0 Å². The van der Waals surface area contributed by atoms with E-state index in [1.165, 1.54) is 32.1 Å². The van der Waals surface area contributed by atoms with Gasteiger partial charge in [-0.1, -0.05) is 33.6 Å². The van der Waals surface area contributed by atoms with Crippen LogP contribution >= 0.6 is 0 Å². The van der Waals surface area contributed by atoms with Gasteiger partial charge in [-0.15, -0.1) is 0 Å². The van der Waals surface area contributed by atoms with Crippen molar-refractivity contribution in [2.75, 3.05) is 13.2 Å². The summed E-state index contributed by atoms with van der Waals surface area (Å²) in [6.07, 6.45) is 6.70. The Morgan fingerprint density at radius 2 is 2.00 bits per heavy atom. The van der Waals surface area contributed by atoms with Crippen molar-refractivity contribution in [2.45, 2.75) is 65.0 Å². The molecule has 0 aromatic heterocycles. The van der Waals surface area contributed by atoms with Gasteiger partial charge in [-0.2, -0.15) is 0 Å². The summed E-state index contributed by atoms with van der Waals surface area (Å²) in [6, 6.07) is 0.586. The third-order valence-corrected chi connectivity index (χ3v) is 3.55. The quantitative estimate of drug-likeness (QED) is 0.702. The topological polar surface area (TPSA) is 21.3 Å². The fraction of sp³-hybridized carbons (Fsp3) is 1.00. The molecule has 0 saturated carbocycles. The summed E-state index contributed by atoms with van der Waals surface area (Å²) in [5.74, 6) is 0.777. The molecule has 0 radical (unpaired) electrons. The maximum Gasteiger partial charge on any atom is 0.0731 e. The fourth-order valence-corrected chi connectivity index (χ4v) is 2.60. The number of hydrogen-bond acceptors (Lipinski definition) is 2. The highest BCUT2D eigenvalue weighted by atomic mass is 16.5. The summed E-state index contributed by atoms with van der Waals surface area (Å²) in [6.45, 7) is 8.91. The van der Waals surface area contributed by atoms with Crippen LogP contribution in [-0.2, 0) is 4.74 Å². The van der Waals surface area contributed by atoms with Crippen LogP contribution < -0.4 is 5.32 Å². The van der Waals surface area contributed by atoms with Crippen molar-refractivity contribution in [1.29, 1.82) is 0 Å². The van der Waals surface area contributed by atoms with E-state index < -0.39 is 0 Å². The van der Waals surface area contributed by atoms with Gasteiger partial charge in [0.2, 0.25) is 0 Å². The molecule has 0 amide bonds. The average Bonchev–Trinajstić information content (AvgIpc) is 2.77. The summed E-state index contributed by atoms with van der Waals surface area (Å²) in [4.78, 5) is 0. The molecule has 90 valence electrons. The first kappa shape index (κ1) is 13.0. The molecular weight excluding hydrogens is 186 g/mol. The Morgan fingerprint density at radius 3 is 2.47 bits per heavy atom. The van der Waals surface area contributed by atoms with Gasteiger partial charge >= 0.3 is 0 Å². The van der Waals surface area contributed by atoms with E-state index in [4.69, 9.17) is 4.74 Å². The van der Waals surface area contributed by atoms with Gasteiger partial charge in [-0.25, -0.2) is 0 Å². The largest absolute Gasteiger partial charge is 0.377 e. The molecule has 1 N–H and O–H groups in total. The lowest BCUT2D eigenvalue weighted by Crippen LogP contribution is -2.45. The molecule has 1 rings (SSSR count). The van der Waals surface area contributed by atoms with Crippen molar-refractivity contribution >= 4 is 0 Å². The molecule has 0 bridgehead atoms. The lowest BCUT2D eigenvalue weighted by atomic mass is 9.89. The zero-order valence-electron chi connectivity index (χ0n) is 10.6. The van der Waals surface area contributed by atoms with Crippen molar-refractivity contribution in [3.05, 3.63) is 0 Å². The third-order valence-electron chi connectivity index (χ3n) is 3.55. The molecule has 2 nitrogen and oxygen atoms in total. The Labute approximate surface area is 94.8 Å². The molecule has 2 heteroatoms. The molecular formula is C13H27NO. The molecule has 0 aromatic carbocycles. The van der Waals surface area contributed by atoms with Crippen molar-refractivity contribution in [1.82, 2.24) is 5.32 Å². The van der Waals surface area contributed by atoms with Crippen molar-refractivity contribution < 1.29 is 4.74 Å². The van der Waals surface area contributed by atoms with Crippen LogP contribution in [0, 0.1) is 5.92 Å². The molecule has 15 heavy (non-hydrogen) atoms. The lowest BCUT2D eigenvalue weighted by Gasteiger charge is -2.31. The molecule has 1 saturated heterocycles. The monoisotopic (exact) mass is 213 g/mol. The molecule has 0 aliphatic carbocycles. The zero-order valence-corrected chi connectivity index (χ0v) is 10.6. The summed E-state index contributed by atoms with van der Waals surface area (Å²) in [5, 5.41) is 3.69. The highest BCUT2D eigenvalue weighted by Crippen LogP contribution is 2.24. The van der Waals surface area contributed by atoms with Gasteiger partial charge in [0.25, 0.3) is 0 Å². The third kappa shape index (κ3) is 3.76. The first-order valence-electron chi connectivity index (χ1n) is 6.68. The second-order valence-corrected chi connectivity index (χ2v) is 4.61. The Bertz CT molecular complexity index is 149. The predicted molar refractivity (Wildman–Crippen MR) is 65.1 cm³/mol. The van der Waals surface area contributed by atoms with Gasteiger partial charge in [0, 0.05) is 12.6 Å². The Morgan fingerprint density at radius 1 is 1.27 bits per heavy atom. The Kier molecular flexibility index (Phi) is 6.26. The maximum absolute atomic E-state index is 5.83. The van der Waals surface area contributed by atoms with Crippen molar-refractivity contribution in [2.24, 2.45) is 5.92 Å². The number of rotatable bonds is 7. The second kappa shape index (κ2) is 7.24. The molecule has 0 aromatic rings. The predicted octanol–water partition coefficient (Wildman–Crippen LogP) is 2.97. The normalized spacial score (nSPS) is 23.6. The van der Waals surface area contributed by atoms with Crippen LogP contribution in [0.25, 0.3) is 0 Å². The first-order valence-corrected chi connectivity index (χ1v) is 6.68. The highest BCUT2D eigenvalue weighted by molar-refractivity contribution is 4.85. The van der Waals surface area contributed by atoms with Crippen molar-refractivity contribution in [3.63, 3.8) is 0 Å². The lowest BCUT2D eigenvalue weighted by molar-refractivity contribution is 0.0558. The van der Waals surface area contributed by atoms with Gasteiger partial charge in [-0.05, 0) is 31.7 Å². The van der Waals surface area contributed by atoms with Gasteiger partial charge in [0.05, 0.1) is 6.10 Å². The zero-order chi connectivity index (χ0) is 11.1. The summed E-state index contributed by atoms with van der Waals surface area (Å²) in [7, 11) is 0. The fourth-order valence-electron chi connectivity index (χ4n) is 2.60. The minimum absolute atomic E-state index is 0.474. The molecule has 2 unspecified atom stereocenters. The number of hydrogen-bond donors (Lipinski definition) is 1. The average molecular weight is 213 g/mol. The van der Waals surface area contributed by atoms with Crippen LogP contribution in [0.1, 0.15) is 52.9 Å². The minimum Gasteiger partial charge on any atom is -0.377 e. The minimum atomic E-state index is 0.474. The SMILES string of the molecule is CCCNC(C(CC)CC)C1CCCO1. The highest BCUT2D eigenvalue weighted by Gasteiger charge is 2.30. The molecule has 1 aliphatic rings. The van der Waals surface area contributed by atoms with Gasteiger partial charge in [-0.3, -0.25) is 0 Å². The first-order chi connectivity index (χ1) is 7.33. The molecule has 0 spiro atoms. The summed E-state index contributed by atoms with van der Waals surface area (Å²) < 4.78 is 5.83. The van der Waals surface area contributed by atoms with E-state index >= 15 is 0 Å². The van der Waals surface area contributed by atoms with Gasteiger partial charge < -0.3 is 10.1 Å². The molecule has 1 aliphatic heterocycles. The van der Waals surface area contributed by atoms with Crippen LogP contribution in [0.5, 0.6) is 0 Å². The van der Waals surface area contributed by atoms with Crippen LogP contribution in [0.2, 0.25) is 0 Å². The summed E-state index contributed by atoms with van der Waals surface area (Å²) in [5.41, 5.74) is 0. The van der Waals surface area contributed by atoms with E-state index in [-0.39, 0.29) is 0 Å². The maximum atomic E-state index is 5.83. The Hall–Kier alpha value is -0.0800. The summed E-state index contributed by atoms with van der Waals surface area (Å²) >= 11 is 0. The van der Waals surface area contributed by atoms with E-state index in [1.807, 2.05) is 0 Å². The smallest absolute Gasteiger partial charge is 0.0731 e. The van der Waals surface area contributed by atoms with E-state index in [2.05, 4.69) is 26.1 Å². The van der Waals surface area contributed by atoms with Crippen LogP contribution in [-0.4, -0.2) is 25.3 Å². The van der Waals surface area contributed by atoms with E-state index in [0.717, 1.165) is 19.1 Å². The number of ether oxygens (including phenoxy) is 1. The van der Waals surface area contributed by atoms with E-state index in [1.54, 1.807) is 0 Å². The Balaban J connectivity index is 2.49. The molecule has 1 fully saturated rings. The van der Waals surface area contributed by atoms with E-state index in [0.29, 0.717) is 12.1 Å². The van der Waals surface area contributed by atoms with E-state index in [9.17, 15) is 0 Å².